The molecule has 1 heterocycles. The Morgan fingerprint density at radius 2 is 1.86 bits per heavy atom. The molecule has 0 amide bonds. The van der Waals surface area contributed by atoms with Crippen molar-refractivity contribution in [3.63, 3.8) is 0 Å². The number of aliphatic hydroxyl groups excluding tert-OH is 1. The highest BCUT2D eigenvalue weighted by Crippen LogP contribution is 2.22. The Labute approximate surface area is 135 Å². The summed E-state index contributed by atoms with van der Waals surface area (Å²) in [4.78, 5) is 0.336. The van der Waals surface area contributed by atoms with Crippen molar-refractivity contribution in [2.45, 2.75) is 38.2 Å². The van der Waals surface area contributed by atoms with E-state index in [0.29, 0.717) is 11.3 Å². The lowest BCUT2D eigenvalue weighted by atomic mass is 10.1. The fraction of sp³-hybridized carbons (Fsp3) is 0.375. The van der Waals surface area contributed by atoms with Crippen molar-refractivity contribution in [1.29, 1.82) is 0 Å². The van der Waals surface area contributed by atoms with Gasteiger partial charge in [0.15, 0.2) is 0 Å². The molecule has 0 fully saturated rings. The Kier molecular flexibility index (Phi) is 5.39. The fourth-order valence-electron chi connectivity index (χ4n) is 2.62. The first kappa shape index (κ1) is 17.1. The molecule has 1 aromatic carbocycles. The lowest BCUT2D eigenvalue weighted by Crippen LogP contribution is -2.27. The maximum Gasteiger partial charge on any atom is 0.241 e. The van der Waals surface area contributed by atoms with E-state index in [1.807, 2.05) is 35.9 Å². The number of thiophene rings is 1. The zero-order valence-corrected chi connectivity index (χ0v) is 14.6. The lowest BCUT2D eigenvalue weighted by Gasteiger charge is -2.14. The minimum absolute atomic E-state index is 0.200. The maximum absolute atomic E-state index is 12.5. The second kappa shape index (κ2) is 6.91. The Bertz CT molecular complexity index is 714. The van der Waals surface area contributed by atoms with Crippen LogP contribution in [0.15, 0.2) is 33.9 Å². The number of rotatable bonds is 6. The van der Waals surface area contributed by atoms with Gasteiger partial charge in [0, 0.05) is 6.54 Å². The molecule has 0 aliphatic heterocycles. The van der Waals surface area contributed by atoms with E-state index in [-0.39, 0.29) is 6.54 Å². The van der Waals surface area contributed by atoms with Crippen LogP contribution >= 0.6 is 11.3 Å². The number of hydrogen-bond acceptors (Lipinski definition) is 4. The topological polar surface area (TPSA) is 66.4 Å². The molecule has 0 saturated heterocycles. The van der Waals surface area contributed by atoms with Gasteiger partial charge in [-0.3, -0.25) is 0 Å². The van der Waals surface area contributed by atoms with E-state index in [9.17, 15) is 13.5 Å². The van der Waals surface area contributed by atoms with Crippen LogP contribution in [-0.4, -0.2) is 20.1 Å². The third kappa shape index (κ3) is 3.95. The van der Waals surface area contributed by atoms with Gasteiger partial charge < -0.3 is 5.11 Å². The van der Waals surface area contributed by atoms with Crippen LogP contribution in [0.3, 0.4) is 0 Å². The first-order chi connectivity index (χ1) is 10.3. The summed E-state index contributed by atoms with van der Waals surface area (Å²) in [5.74, 6) is 0. The summed E-state index contributed by atoms with van der Waals surface area (Å²) in [5.41, 5.74) is 3.35. The van der Waals surface area contributed by atoms with Gasteiger partial charge in [-0.15, -0.1) is 0 Å². The molecular weight excluding hydrogens is 318 g/mol. The summed E-state index contributed by atoms with van der Waals surface area (Å²) in [6.45, 7) is 5.75. The first-order valence-corrected chi connectivity index (χ1v) is 9.51. The van der Waals surface area contributed by atoms with Crippen LogP contribution in [0.25, 0.3) is 0 Å². The fourth-order valence-corrected chi connectivity index (χ4v) is 4.83. The molecule has 120 valence electrons. The summed E-state index contributed by atoms with van der Waals surface area (Å²) in [7, 11) is -3.56. The van der Waals surface area contributed by atoms with E-state index >= 15 is 0 Å². The summed E-state index contributed by atoms with van der Waals surface area (Å²) >= 11 is 1.51. The monoisotopic (exact) mass is 339 g/mol. The molecule has 6 heteroatoms. The van der Waals surface area contributed by atoms with Crippen molar-refractivity contribution in [3.05, 3.63) is 51.2 Å². The highest BCUT2D eigenvalue weighted by atomic mass is 32.2. The Morgan fingerprint density at radius 1 is 1.23 bits per heavy atom. The predicted octanol–water partition coefficient (Wildman–Crippen LogP) is 3.08. The third-order valence-corrected chi connectivity index (χ3v) is 5.98. The third-order valence-electron chi connectivity index (χ3n) is 3.51. The number of benzene rings is 1. The van der Waals surface area contributed by atoms with Gasteiger partial charge in [-0.25, -0.2) is 13.1 Å². The number of hydrogen-bond donors (Lipinski definition) is 2. The van der Waals surface area contributed by atoms with E-state index in [1.165, 1.54) is 11.3 Å². The predicted molar refractivity (Wildman–Crippen MR) is 89.7 cm³/mol. The maximum atomic E-state index is 12.5. The van der Waals surface area contributed by atoms with Crippen molar-refractivity contribution in [2.75, 3.05) is 6.54 Å². The van der Waals surface area contributed by atoms with Gasteiger partial charge in [-0.1, -0.05) is 17.7 Å². The minimum Gasteiger partial charge on any atom is -0.388 e. The molecule has 2 rings (SSSR count). The van der Waals surface area contributed by atoms with E-state index in [1.54, 1.807) is 13.8 Å². The quantitative estimate of drug-likeness (QED) is 0.850. The SMILES string of the molecule is Cc1cc(C)c(S(=O)(=O)NCCC(O)c2ccsc2)c(C)c1. The van der Waals surface area contributed by atoms with Crippen molar-refractivity contribution < 1.29 is 13.5 Å². The molecule has 0 aliphatic rings. The molecule has 1 unspecified atom stereocenters. The highest BCUT2D eigenvalue weighted by Gasteiger charge is 2.20. The average molecular weight is 339 g/mol. The Balaban J connectivity index is 2.06. The van der Waals surface area contributed by atoms with E-state index in [4.69, 9.17) is 0 Å². The molecule has 0 spiro atoms. The molecular formula is C16H21NO3S2. The van der Waals surface area contributed by atoms with Crippen molar-refractivity contribution in [2.24, 2.45) is 0 Å². The zero-order chi connectivity index (χ0) is 16.3. The molecule has 2 N–H and O–H groups in total. The number of aryl methyl sites for hydroxylation is 3. The summed E-state index contributed by atoms with van der Waals surface area (Å²) in [6.07, 6.45) is -0.297. The summed E-state index contributed by atoms with van der Waals surface area (Å²) < 4.78 is 27.5. The normalized spacial score (nSPS) is 13.3. The van der Waals surface area contributed by atoms with Crippen LogP contribution in [0.1, 0.15) is 34.8 Å². The van der Waals surface area contributed by atoms with Gasteiger partial charge in [-0.2, -0.15) is 11.3 Å². The number of aliphatic hydroxyl groups is 1. The van der Waals surface area contributed by atoms with Crippen molar-refractivity contribution in [3.8, 4) is 0 Å². The molecule has 0 saturated carbocycles. The molecule has 4 nitrogen and oxygen atoms in total. The van der Waals surface area contributed by atoms with Crippen LogP contribution < -0.4 is 4.72 Å². The Morgan fingerprint density at radius 3 is 2.41 bits per heavy atom. The van der Waals surface area contributed by atoms with Gasteiger partial charge in [0.1, 0.15) is 0 Å². The van der Waals surface area contributed by atoms with Gasteiger partial charge >= 0.3 is 0 Å². The van der Waals surface area contributed by atoms with Crippen LogP contribution in [-0.2, 0) is 10.0 Å². The minimum atomic E-state index is -3.56. The standard InChI is InChI=1S/C16H21NO3S2/c1-11-8-12(2)16(13(3)9-11)22(19,20)17-6-4-15(18)14-5-7-21-10-14/h5,7-10,15,17-18H,4,6H2,1-3H3. The van der Waals surface area contributed by atoms with Gasteiger partial charge in [-0.05, 0) is 60.7 Å². The van der Waals surface area contributed by atoms with Crippen LogP contribution in [0.4, 0.5) is 0 Å². The van der Waals surface area contributed by atoms with Crippen LogP contribution in [0, 0.1) is 20.8 Å². The number of nitrogens with one attached hydrogen (secondary N) is 1. The van der Waals surface area contributed by atoms with Gasteiger partial charge in [0.2, 0.25) is 10.0 Å². The second-order valence-electron chi connectivity index (χ2n) is 5.49. The Hall–Kier alpha value is -1.21. The molecule has 22 heavy (non-hydrogen) atoms. The molecule has 0 bridgehead atoms. The van der Waals surface area contributed by atoms with E-state index in [0.717, 1.165) is 22.3 Å². The van der Waals surface area contributed by atoms with E-state index < -0.39 is 16.1 Å². The average Bonchev–Trinajstić information content (AvgIpc) is 2.90. The summed E-state index contributed by atoms with van der Waals surface area (Å²) in [5, 5.41) is 13.8. The molecule has 2 aromatic rings. The van der Waals surface area contributed by atoms with E-state index in [2.05, 4.69) is 4.72 Å². The van der Waals surface area contributed by atoms with Crippen molar-refractivity contribution >= 4 is 21.4 Å². The highest BCUT2D eigenvalue weighted by molar-refractivity contribution is 7.89. The molecule has 1 aromatic heterocycles. The van der Waals surface area contributed by atoms with Crippen molar-refractivity contribution in [1.82, 2.24) is 4.72 Å². The largest absolute Gasteiger partial charge is 0.388 e. The van der Waals surface area contributed by atoms with Gasteiger partial charge in [0.05, 0.1) is 11.0 Å². The van der Waals surface area contributed by atoms with Crippen LogP contribution in [0.2, 0.25) is 0 Å². The summed E-state index contributed by atoms with van der Waals surface area (Å²) in [6, 6.07) is 5.57. The number of sulfonamides is 1. The second-order valence-corrected chi connectivity index (χ2v) is 7.97. The first-order valence-electron chi connectivity index (χ1n) is 7.09. The van der Waals surface area contributed by atoms with Gasteiger partial charge in [0.25, 0.3) is 0 Å². The lowest BCUT2D eigenvalue weighted by molar-refractivity contribution is 0.169. The molecule has 1 atom stereocenters. The molecule has 0 radical (unpaired) electrons. The smallest absolute Gasteiger partial charge is 0.241 e. The molecule has 0 aliphatic carbocycles. The van der Waals surface area contributed by atoms with Crippen LogP contribution in [0.5, 0.6) is 0 Å². The zero-order valence-electron chi connectivity index (χ0n) is 13.0.